The monoisotopic (exact) mass is 550 g/mol. The van der Waals surface area contributed by atoms with Crippen LogP contribution in [0.2, 0.25) is 0 Å². The Bertz CT molecular complexity index is 683. The molecule has 152 valence electrons. The molecule has 2 aliphatic heterocycles. The van der Waals surface area contributed by atoms with Crippen LogP contribution in [-0.4, -0.2) is 49.6 Å². The molecule has 0 N–H and O–H groups in total. The molecule has 0 saturated heterocycles. The molecule has 0 radical (unpaired) electrons. The SMILES string of the molecule is C1=CN(CN2C=CN(Cc3ccccn3)C2)CN1Cc1ccccn1.[Br-].[Br-].[Ni+2]. The van der Waals surface area contributed by atoms with E-state index >= 15 is 0 Å². The van der Waals surface area contributed by atoms with E-state index in [4.69, 9.17) is 0 Å². The Morgan fingerprint density at radius 2 is 1.07 bits per heavy atom. The van der Waals surface area contributed by atoms with Crippen molar-refractivity contribution in [3.8, 4) is 0 Å². The van der Waals surface area contributed by atoms with Crippen LogP contribution in [0.25, 0.3) is 0 Å². The predicted molar refractivity (Wildman–Crippen MR) is 96.1 cm³/mol. The van der Waals surface area contributed by atoms with Crippen LogP contribution in [0.3, 0.4) is 0 Å². The molecule has 4 rings (SSSR count). The molecule has 2 aromatic heterocycles. The van der Waals surface area contributed by atoms with E-state index in [0.717, 1.165) is 44.5 Å². The van der Waals surface area contributed by atoms with Crippen LogP contribution in [0.1, 0.15) is 11.4 Å². The Morgan fingerprint density at radius 3 is 1.46 bits per heavy atom. The fourth-order valence-electron chi connectivity index (χ4n) is 3.05. The quantitative estimate of drug-likeness (QED) is 0.343. The predicted octanol–water partition coefficient (Wildman–Crippen LogP) is -3.77. The number of nitrogens with zero attached hydrogens (tertiary/aromatic N) is 6. The third-order valence-electron chi connectivity index (χ3n) is 4.25. The molecule has 0 amide bonds. The minimum Gasteiger partial charge on any atom is -1.00 e. The summed E-state index contributed by atoms with van der Waals surface area (Å²) in [6.45, 7) is 4.34. The van der Waals surface area contributed by atoms with Crippen LogP contribution in [-0.2, 0) is 29.6 Å². The first-order chi connectivity index (χ1) is 12.3. The molecule has 0 bridgehead atoms. The van der Waals surface area contributed by atoms with Crippen LogP contribution in [0.5, 0.6) is 0 Å². The maximum atomic E-state index is 4.39. The van der Waals surface area contributed by atoms with Gasteiger partial charge in [-0.2, -0.15) is 0 Å². The van der Waals surface area contributed by atoms with Gasteiger partial charge in [0.2, 0.25) is 0 Å². The second-order valence-electron chi connectivity index (χ2n) is 6.33. The molecule has 28 heavy (non-hydrogen) atoms. The van der Waals surface area contributed by atoms with Gasteiger partial charge in [-0.1, -0.05) is 12.1 Å². The number of halogens is 2. The third-order valence-corrected chi connectivity index (χ3v) is 4.25. The van der Waals surface area contributed by atoms with Crippen LogP contribution in [0, 0.1) is 0 Å². The Hall–Kier alpha value is -1.57. The Balaban J connectivity index is 0.00000131. The molecule has 4 heterocycles. The summed E-state index contributed by atoms with van der Waals surface area (Å²) >= 11 is 0. The van der Waals surface area contributed by atoms with Gasteiger partial charge in [-0.25, -0.2) is 0 Å². The van der Waals surface area contributed by atoms with Crippen LogP contribution >= 0.6 is 0 Å². The smallest absolute Gasteiger partial charge is 1.00 e. The minimum atomic E-state index is 0. The molecular weight excluding hydrogens is 531 g/mol. The molecule has 0 aromatic carbocycles. The summed E-state index contributed by atoms with van der Waals surface area (Å²) in [6, 6.07) is 12.1. The van der Waals surface area contributed by atoms with Gasteiger partial charge in [0.1, 0.15) is 0 Å². The van der Waals surface area contributed by atoms with E-state index in [9.17, 15) is 0 Å². The first-order valence-electron chi connectivity index (χ1n) is 8.48. The molecule has 2 aromatic rings. The van der Waals surface area contributed by atoms with Gasteiger partial charge in [0.05, 0.1) is 44.5 Å². The third kappa shape index (κ3) is 6.80. The van der Waals surface area contributed by atoms with E-state index in [0.29, 0.717) is 0 Å². The van der Waals surface area contributed by atoms with E-state index in [1.54, 1.807) is 0 Å². The van der Waals surface area contributed by atoms with Gasteiger partial charge < -0.3 is 53.6 Å². The number of aromatic nitrogens is 2. The van der Waals surface area contributed by atoms with E-state index < -0.39 is 0 Å². The second kappa shape index (κ2) is 12.1. The first-order valence-corrected chi connectivity index (χ1v) is 8.48. The molecule has 0 fully saturated rings. The van der Waals surface area contributed by atoms with Crippen molar-refractivity contribution in [1.29, 1.82) is 0 Å². The van der Waals surface area contributed by atoms with Crippen LogP contribution in [0.4, 0.5) is 0 Å². The molecule has 0 saturated carbocycles. The van der Waals surface area contributed by atoms with Gasteiger partial charge in [0.25, 0.3) is 0 Å². The largest absolute Gasteiger partial charge is 2.00 e. The summed E-state index contributed by atoms with van der Waals surface area (Å²) in [6.07, 6.45) is 12.3. The van der Waals surface area contributed by atoms with Gasteiger partial charge in [-0.05, 0) is 24.3 Å². The molecular formula is C19H22Br2N6Ni. The van der Waals surface area contributed by atoms with E-state index in [1.165, 1.54) is 0 Å². The maximum Gasteiger partial charge on any atom is 2.00 e. The molecule has 0 unspecified atom stereocenters. The van der Waals surface area contributed by atoms with Gasteiger partial charge in [-0.3, -0.25) is 9.97 Å². The van der Waals surface area contributed by atoms with Crippen molar-refractivity contribution in [2.24, 2.45) is 0 Å². The van der Waals surface area contributed by atoms with Gasteiger partial charge in [-0.15, -0.1) is 0 Å². The summed E-state index contributed by atoms with van der Waals surface area (Å²) in [7, 11) is 0. The zero-order valence-electron chi connectivity index (χ0n) is 15.2. The first kappa shape index (κ1) is 24.5. The zero-order chi connectivity index (χ0) is 16.9. The van der Waals surface area contributed by atoms with Crippen molar-refractivity contribution in [2.75, 3.05) is 20.0 Å². The van der Waals surface area contributed by atoms with Crippen molar-refractivity contribution >= 4 is 0 Å². The number of hydrogen-bond acceptors (Lipinski definition) is 6. The van der Waals surface area contributed by atoms with Crippen molar-refractivity contribution in [1.82, 2.24) is 29.6 Å². The Kier molecular flexibility index (Phi) is 10.6. The summed E-state index contributed by atoms with van der Waals surface area (Å²) in [5.41, 5.74) is 2.19. The van der Waals surface area contributed by atoms with Crippen molar-refractivity contribution < 1.29 is 50.5 Å². The second-order valence-corrected chi connectivity index (χ2v) is 6.33. The average molecular weight is 553 g/mol. The van der Waals surface area contributed by atoms with Crippen molar-refractivity contribution in [3.63, 3.8) is 0 Å². The van der Waals surface area contributed by atoms with E-state index in [1.807, 2.05) is 36.7 Å². The molecule has 0 spiro atoms. The number of hydrogen-bond donors (Lipinski definition) is 0. The van der Waals surface area contributed by atoms with Crippen molar-refractivity contribution in [3.05, 3.63) is 85.0 Å². The number of pyridine rings is 2. The summed E-state index contributed by atoms with van der Waals surface area (Å²) in [5.74, 6) is 0. The normalized spacial score (nSPS) is 14.6. The molecule has 6 nitrogen and oxygen atoms in total. The average Bonchev–Trinajstić information content (AvgIpc) is 3.27. The molecule has 2 aliphatic rings. The maximum absolute atomic E-state index is 4.39. The molecule has 9 heteroatoms. The van der Waals surface area contributed by atoms with E-state index in [-0.39, 0.29) is 50.5 Å². The Labute approximate surface area is 197 Å². The van der Waals surface area contributed by atoms with Gasteiger partial charge in [0, 0.05) is 37.2 Å². The zero-order valence-corrected chi connectivity index (χ0v) is 19.4. The fraction of sp³-hybridized carbons (Fsp3) is 0.263. The van der Waals surface area contributed by atoms with Gasteiger partial charge in [0.15, 0.2) is 0 Å². The minimum absolute atomic E-state index is 0. The summed E-state index contributed by atoms with van der Waals surface area (Å²) in [5, 5.41) is 0. The van der Waals surface area contributed by atoms with Crippen molar-refractivity contribution in [2.45, 2.75) is 13.1 Å². The fourth-order valence-corrected chi connectivity index (χ4v) is 3.05. The number of rotatable bonds is 6. The standard InChI is InChI=1S/C19H22N6.2BrH.Ni/c1-3-7-20-18(5-1)13-22-9-11-24(15-22)17-25-12-10-23(16-25)14-19-6-2-4-8-21-19;;;/h1-12H,13-17H2;2*1H;/q;;;+2/p-2. The topological polar surface area (TPSA) is 38.7 Å². The summed E-state index contributed by atoms with van der Waals surface area (Å²) in [4.78, 5) is 17.9. The van der Waals surface area contributed by atoms with Gasteiger partial charge >= 0.3 is 16.5 Å². The summed E-state index contributed by atoms with van der Waals surface area (Å²) < 4.78 is 0. The van der Waals surface area contributed by atoms with Crippen LogP contribution < -0.4 is 34.0 Å². The Morgan fingerprint density at radius 1 is 0.643 bits per heavy atom. The van der Waals surface area contributed by atoms with Crippen LogP contribution in [0.15, 0.2) is 73.6 Å². The molecule has 0 aliphatic carbocycles. The molecule has 0 atom stereocenters. The van der Waals surface area contributed by atoms with E-state index in [2.05, 4.69) is 66.5 Å².